The third-order valence-corrected chi connectivity index (χ3v) is 3.11. The van der Waals surface area contributed by atoms with Crippen molar-refractivity contribution in [2.24, 2.45) is 5.73 Å². The number of benzene rings is 1. The molecule has 0 amide bonds. The molecule has 1 aromatic rings. The minimum Gasteiger partial charge on any atom is -0.373 e. The zero-order chi connectivity index (χ0) is 12.1. The minimum atomic E-state index is -0.227. The van der Waals surface area contributed by atoms with Gasteiger partial charge in [0.1, 0.15) is 5.82 Å². The fourth-order valence-corrected chi connectivity index (χ4v) is 2.04. The van der Waals surface area contributed by atoms with Gasteiger partial charge in [-0.1, -0.05) is 0 Å². The molecular formula is C12H19FN2S. The largest absolute Gasteiger partial charge is 0.373 e. The van der Waals surface area contributed by atoms with Gasteiger partial charge in [0.05, 0.1) is 0 Å². The fraction of sp³-hybridized carbons (Fsp3) is 0.500. The molecule has 0 bridgehead atoms. The third kappa shape index (κ3) is 3.39. The Labute approximate surface area is 101 Å². The molecule has 2 N–H and O–H groups in total. The first kappa shape index (κ1) is 13.3. The first-order chi connectivity index (χ1) is 7.56. The highest BCUT2D eigenvalue weighted by Gasteiger charge is 2.11. The second kappa shape index (κ2) is 6.11. The summed E-state index contributed by atoms with van der Waals surface area (Å²) in [6, 6.07) is 4.66. The Morgan fingerprint density at radius 1 is 1.50 bits per heavy atom. The van der Waals surface area contributed by atoms with Crippen molar-refractivity contribution < 1.29 is 4.39 Å². The SMILES string of the molecule is CSCCN(C)c1ccc(F)cc1[C@@H](C)N. The maximum Gasteiger partial charge on any atom is 0.123 e. The van der Waals surface area contributed by atoms with E-state index in [1.54, 1.807) is 17.8 Å². The smallest absolute Gasteiger partial charge is 0.123 e. The normalized spacial score (nSPS) is 12.6. The van der Waals surface area contributed by atoms with E-state index in [4.69, 9.17) is 5.73 Å². The van der Waals surface area contributed by atoms with Crippen LogP contribution in [0.15, 0.2) is 18.2 Å². The van der Waals surface area contributed by atoms with Gasteiger partial charge in [0.25, 0.3) is 0 Å². The van der Waals surface area contributed by atoms with Crippen LogP contribution in [-0.4, -0.2) is 25.6 Å². The van der Waals surface area contributed by atoms with E-state index in [0.717, 1.165) is 23.5 Å². The van der Waals surface area contributed by atoms with Crippen LogP contribution in [0.4, 0.5) is 10.1 Å². The van der Waals surface area contributed by atoms with Crippen LogP contribution in [0, 0.1) is 5.82 Å². The zero-order valence-electron chi connectivity index (χ0n) is 10.0. The fourth-order valence-electron chi connectivity index (χ4n) is 1.59. The molecule has 0 aromatic heterocycles. The lowest BCUT2D eigenvalue weighted by atomic mass is 10.1. The highest BCUT2D eigenvalue weighted by atomic mass is 32.2. The number of anilines is 1. The summed E-state index contributed by atoms with van der Waals surface area (Å²) < 4.78 is 13.1. The quantitative estimate of drug-likeness (QED) is 0.860. The van der Waals surface area contributed by atoms with Crippen LogP contribution in [0.25, 0.3) is 0 Å². The van der Waals surface area contributed by atoms with Gasteiger partial charge < -0.3 is 10.6 Å². The lowest BCUT2D eigenvalue weighted by molar-refractivity contribution is 0.622. The molecule has 0 heterocycles. The number of nitrogens with zero attached hydrogens (tertiary/aromatic N) is 1. The number of nitrogens with two attached hydrogens (primary N) is 1. The molecule has 0 aliphatic carbocycles. The van der Waals surface area contributed by atoms with E-state index in [2.05, 4.69) is 11.2 Å². The zero-order valence-corrected chi connectivity index (χ0v) is 10.9. The van der Waals surface area contributed by atoms with Gasteiger partial charge in [-0.25, -0.2) is 4.39 Å². The summed E-state index contributed by atoms with van der Waals surface area (Å²) in [6.45, 7) is 2.81. The Hall–Kier alpha value is -0.740. The molecule has 4 heteroatoms. The molecule has 16 heavy (non-hydrogen) atoms. The summed E-state index contributed by atoms with van der Waals surface area (Å²) >= 11 is 1.80. The van der Waals surface area contributed by atoms with Gasteiger partial charge in [-0.3, -0.25) is 0 Å². The lowest BCUT2D eigenvalue weighted by Gasteiger charge is -2.23. The molecule has 90 valence electrons. The van der Waals surface area contributed by atoms with E-state index in [9.17, 15) is 4.39 Å². The van der Waals surface area contributed by atoms with Crippen LogP contribution in [-0.2, 0) is 0 Å². The van der Waals surface area contributed by atoms with Gasteiger partial charge in [0.2, 0.25) is 0 Å². The van der Waals surface area contributed by atoms with Gasteiger partial charge >= 0.3 is 0 Å². The lowest BCUT2D eigenvalue weighted by Crippen LogP contribution is -2.23. The minimum absolute atomic E-state index is 0.151. The second-order valence-electron chi connectivity index (χ2n) is 3.91. The van der Waals surface area contributed by atoms with Crippen molar-refractivity contribution in [3.05, 3.63) is 29.6 Å². The van der Waals surface area contributed by atoms with Crippen LogP contribution in [0.3, 0.4) is 0 Å². The topological polar surface area (TPSA) is 29.3 Å². The summed E-state index contributed by atoms with van der Waals surface area (Å²) in [6.07, 6.45) is 2.07. The molecule has 0 aliphatic heterocycles. The molecule has 2 nitrogen and oxygen atoms in total. The monoisotopic (exact) mass is 242 g/mol. The Balaban J connectivity index is 2.93. The molecule has 0 saturated heterocycles. The van der Waals surface area contributed by atoms with Crippen molar-refractivity contribution in [1.29, 1.82) is 0 Å². The summed E-state index contributed by atoms with van der Waals surface area (Å²) in [5.74, 6) is 0.820. The average molecular weight is 242 g/mol. The standard InChI is InChI=1S/C12H19FN2S/c1-9(14)11-8-10(13)4-5-12(11)15(2)6-7-16-3/h4-5,8-9H,6-7,14H2,1-3H3/t9-/m1/s1. The van der Waals surface area contributed by atoms with Crippen molar-refractivity contribution in [2.45, 2.75) is 13.0 Å². The van der Waals surface area contributed by atoms with Crippen LogP contribution >= 0.6 is 11.8 Å². The maximum absolute atomic E-state index is 13.1. The molecule has 1 atom stereocenters. The Bertz CT molecular complexity index is 342. The number of halogens is 1. The van der Waals surface area contributed by atoms with Crippen molar-refractivity contribution in [1.82, 2.24) is 0 Å². The van der Waals surface area contributed by atoms with Crippen molar-refractivity contribution in [3.8, 4) is 0 Å². The van der Waals surface area contributed by atoms with E-state index >= 15 is 0 Å². The first-order valence-electron chi connectivity index (χ1n) is 5.31. The van der Waals surface area contributed by atoms with Crippen molar-refractivity contribution >= 4 is 17.4 Å². The molecule has 0 fully saturated rings. The van der Waals surface area contributed by atoms with Crippen molar-refractivity contribution in [2.75, 3.05) is 30.5 Å². The number of hydrogen-bond donors (Lipinski definition) is 1. The van der Waals surface area contributed by atoms with Gasteiger partial charge in [-0.05, 0) is 36.9 Å². The van der Waals surface area contributed by atoms with Gasteiger partial charge in [0, 0.05) is 31.1 Å². The van der Waals surface area contributed by atoms with Gasteiger partial charge in [-0.15, -0.1) is 0 Å². The molecular weight excluding hydrogens is 223 g/mol. The van der Waals surface area contributed by atoms with E-state index in [0.29, 0.717) is 0 Å². The van der Waals surface area contributed by atoms with Gasteiger partial charge in [0.15, 0.2) is 0 Å². The predicted octanol–water partition coefficient (Wildman–Crippen LogP) is 2.64. The second-order valence-corrected chi connectivity index (χ2v) is 4.89. The van der Waals surface area contributed by atoms with Crippen LogP contribution in [0.5, 0.6) is 0 Å². The first-order valence-corrected chi connectivity index (χ1v) is 6.70. The summed E-state index contributed by atoms with van der Waals surface area (Å²) in [4.78, 5) is 2.12. The summed E-state index contributed by atoms with van der Waals surface area (Å²) in [7, 11) is 2.01. The highest BCUT2D eigenvalue weighted by molar-refractivity contribution is 7.98. The number of hydrogen-bond acceptors (Lipinski definition) is 3. The van der Waals surface area contributed by atoms with Crippen LogP contribution in [0.2, 0.25) is 0 Å². The Morgan fingerprint density at radius 3 is 2.75 bits per heavy atom. The molecule has 0 aliphatic rings. The average Bonchev–Trinajstić information content (AvgIpc) is 2.25. The van der Waals surface area contributed by atoms with E-state index in [1.165, 1.54) is 12.1 Å². The van der Waals surface area contributed by atoms with E-state index in [-0.39, 0.29) is 11.9 Å². The third-order valence-electron chi connectivity index (χ3n) is 2.52. The van der Waals surface area contributed by atoms with E-state index < -0.39 is 0 Å². The van der Waals surface area contributed by atoms with Crippen LogP contribution in [0.1, 0.15) is 18.5 Å². The molecule has 0 radical (unpaired) electrons. The summed E-state index contributed by atoms with van der Waals surface area (Å²) in [5, 5.41) is 0. The molecule has 1 rings (SSSR count). The number of thioether (sulfide) groups is 1. The Morgan fingerprint density at radius 2 is 2.19 bits per heavy atom. The van der Waals surface area contributed by atoms with Crippen LogP contribution < -0.4 is 10.6 Å². The Kier molecular flexibility index (Phi) is 5.09. The maximum atomic E-state index is 13.1. The van der Waals surface area contributed by atoms with E-state index in [1.807, 2.05) is 14.0 Å². The molecule has 1 aromatic carbocycles. The molecule has 0 saturated carbocycles. The molecule has 0 unspecified atom stereocenters. The highest BCUT2D eigenvalue weighted by Crippen LogP contribution is 2.25. The summed E-state index contributed by atoms with van der Waals surface area (Å²) in [5.41, 5.74) is 7.73. The molecule has 0 spiro atoms. The van der Waals surface area contributed by atoms with Gasteiger partial charge in [-0.2, -0.15) is 11.8 Å². The number of rotatable bonds is 5. The van der Waals surface area contributed by atoms with Crippen molar-refractivity contribution in [3.63, 3.8) is 0 Å². The predicted molar refractivity (Wildman–Crippen MR) is 70.7 cm³/mol.